The van der Waals surface area contributed by atoms with Gasteiger partial charge in [0, 0.05) is 10.0 Å². The predicted molar refractivity (Wildman–Crippen MR) is 410 cm³/mol. The molecule has 0 radical (unpaired) electrons. The number of quaternary nitrogens is 2. The van der Waals surface area contributed by atoms with Crippen LogP contribution in [0.5, 0.6) is 0 Å². The SMILES string of the molecule is CCCCCCC[N+](CC)(CC)CCCCc1ccc(Cl)cc1.CCCCCCC[N+](CC)(CC)CCCCc1ccc(Cl)cc1.Cc1ccc(S(=O)(=O)O)cc1.Cc1ccc(S(=O)(=O)O)cc1.Cc1ccc(S(=O)(=O)O)cc1.Cc1ccc(S(=O)(=O)[O-])cc1.Cc1ccc(S(=O)(=O)[O-])cc1. The molecule has 3 N–H and O–H groups in total. The highest BCUT2D eigenvalue weighted by Gasteiger charge is 2.23. The molecule has 0 aliphatic rings. The number of hydrogen-bond acceptors (Lipinski definition) is 12. The first-order chi connectivity index (χ1) is 47.3. The van der Waals surface area contributed by atoms with E-state index in [1.165, 1.54) is 236 Å². The van der Waals surface area contributed by atoms with Crippen molar-refractivity contribution in [3.8, 4) is 0 Å². The number of hydrogen-bond donors (Lipinski definition) is 3. The zero-order valence-electron chi connectivity index (χ0n) is 61.1. The summed E-state index contributed by atoms with van der Waals surface area (Å²) in [6, 6.07) is 46.2. The molecule has 7 rings (SSSR count). The largest absolute Gasteiger partial charge is 0.744 e. The van der Waals surface area contributed by atoms with Gasteiger partial charge in [-0.05, 0) is 223 Å². The maximum Gasteiger partial charge on any atom is 0.294 e. The summed E-state index contributed by atoms with van der Waals surface area (Å²) in [5.74, 6) is 0. The minimum Gasteiger partial charge on any atom is -0.744 e. The molecule has 0 saturated heterocycles. The van der Waals surface area contributed by atoms with Gasteiger partial charge in [0.15, 0.2) is 0 Å². The summed E-state index contributed by atoms with van der Waals surface area (Å²) < 4.78 is 154. The third kappa shape index (κ3) is 42.2. The molecule has 564 valence electrons. The number of benzene rings is 7. The molecule has 0 spiro atoms. The van der Waals surface area contributed by atoms with Crippen molar-refractivity contribution < 1.29 is 73.8 Å². The third-order valence-corrected chi connectivity index (χ3v) is 22.1. The van der Waals surface area contributed by atoms with Gasteiger partial charge in [-0.2, -0.15) is 25.3 Å². The number of unbranched alkanes of at least 4 members (excludes halogenated alkanes) is 10. The molecule has 0 atom stereocenters. The van der Waals surface area contributed by atoms with Crippen molar-refractivity contribution in [1.29, 1.82) is 0 Å². The molecule has 17 nitrogen and oxygen atoms in total. The van der Waals surface area contributed by atoms with E-state index in [0.29, 0.717) is 0 Å². The summed E-state index contributed by atoms with van der Waals surface area (Å²) in [6.45, 7) is 33.8. The molecule has 7 aromatic rings. The predicted octanol–water partition coefficient (Wildman–Crippen LogP) is 18.5. The molecule has 0 aromatic heterocycles. The van der Waals surface area contributed by atoms with Gasteiger partial charge in [0.05, 0.1) is 76.8 Å². The highest BCUT2D eigenvalue weighted by molar-refractivity contribution is 7.86. The van der Waals surface area contributed by atoms with Gasteiger partial charge in [-0.1, -0.05) is 188 Å². The molecule has 0 heterocycles. The average Bonchev–Trinajstić information content (AvgIpc) is 0.893. The second-order valence-electron chi connectivity index (χ2n) is 25.2. The third-order valence-electron chi connectivity index (χ3n) is 17.3. The smallest absolute Gasteiger partial charge is 0.294 e. The monoisotopic (exact) mass is 1530 g/mol. The number of rotatable bonds is 31. The van der Waals surface area contributed by atoms with Crippen LogP contribution in [-0.4, -0.2) is 126 Å². The first kappa shape index (κ1) is 93.6. The van der Waals surface area contributed by atoms with E-state index in [4.69, 9.17) is 36.9 Å². The lowest BCUT2D eigenvalue weighted by molar-refractivity contribution is -0.925. The van der Waals surface area contributed by atoms with Gasteiger partial charge in [-0.25, -0.2) is 16.8 Å². The van der Waals surface area contributed by atoms with Crippen LogP contribution in [-0.2, 0) is 63.4 Å². The molecule has 0 aliphatic carbocycles. The molecule has 24 heteroatoms. The fourth-order valence-electron chi connectivity index (χ4n) is 10.4. The van der Waals surface area contributed by atoms with Crippen LogP contribution in [0.15, 0.2) is 194 Å². The summed E-state index contributed by atoms with van der Waals surface area (Å²) in [6.07, 6.45) is 21.6. The van der Waals surface area contributed by atoms with E-state index in [1.54, 1.807) is 60.7 Å². The van der Waals surface area contributed by atoms with Crippen LogP contribution >= 0.6 is 23.2 Å². The lowest BCUT2D eigenvalue weighted by Gasteiger charge is -2.37. The Morgan fingerprint density at radius 1 is 0.287 bits per heavy atom. The fourth-order valence-corrected chi connectivity index (χ4v) is 13.1. The van der Waals surface area contributed by atoms with Crippen molar-refractivity contribution in [2.45, 2.75) is 203 Å². The van der Waals surface area contributed by atoms with Gasteiger partial charge in [0.1, 0.15) is 20.2 Å². The Morgan fingerprint density at radius 2 is 0.485 bits per heavy atom. The number of aryl methyl sites for hydroxylation is 7. The number of halogens is 2. The lowest BCUT2D eigenvalue weighted by atomic mass is 10.1. The van der Waals surface area contributed by atoms with Gasteiger partial charge in [-0.15, -0.1) is 0 Å². The summed E-state index contributed by atoms with van der Waals surface area (Å²) in [5.41, 5.74) is 7.56. The summed E-state index contributed by atoms with van der Waals surface area (Å²) >= 11 is 11.9. The second kappa shape index (κ2) is 48.6. The van der Waals surface area contributed by atoms with Gasteiger partial charge >= 0.3 is 0 Å². The Morgan fingerprint density at radius 3 is 0.673 bits per heavy atom. The molecular weight excluding hydrogens is 1420 g/mol. The van der Waals surface area contributed by atoms with Crippen LogP contribution in [0.4, 0.5) is 0 Å². The second-order valence-corrected chi connectivity index (χ2v) is 33.1. The number of nitrogens with zero attached hydrogens (tertiary/aromatic N) is 2. The van der Waals surface area contributed by atoms with Gasteiger partial charge in [-0.3, -0.25) is 13.7 Å². The summed E-state index contributed by atoms with van der Waals surface area (Å²) in [5, 5.41) is 1.67. The molecule has 0 bridgehead atoms. The van der Waals surface area contributed by atoms with Crippen LogP contribution in [0.2, 0.25) is 10.0 Å². The van der Waals surface area contributed by atoms with Gasteiger partial charge in [0.25, 0.3) is 30.4 Å². The minimum absolute atomic E-state index is 0.0666. The van der Waals surface area contributed by atoms with Crippen molar-refractivity contribution in [3.63, 3.8) is 0 Å². The van der Waals surface area contributed by atoms with Crippen molar-refractivity contribution >= 4 is 73.8 Å². The van der Waals surface area contributed by atoms with E-state index in [1.807, 2.05) is 58.9 Å². The zero-order valence-corrected chi connectivity index (χ0v) is 66.7. The normalized spacial score (nSPS) is 11.6. The van der Waals surface area contributed by atoms with Crippen LogP contribution in [0.25, 0.3) is 0 Å². The average molecular weight is 1540 g/mol. The van der Waals surface area contributed by atoms with Crippen LogP contribution < -0.4 is 0 Å². The van der Waals surface area contributed by atoms with Crippen molar-refractivity contribution in [2.24, 2.45) is 0 Å². The van der Waals surface area contributed by atoms with E-state index in [2.05, 4.69) is 65.8 Å². The molecule has 0 amide bonds. The van der Waals surface area contributed by atoms with E-state index < -0.39 is 50.6 Å². The first-order valence-corrected chi connectivity index (χ1v) is 42.6. The quantitative estimate of drug-likeness (QED) is 0.0207. The van der Waals surface area contributed by atoms with E-state index in [0.717, 1.165) is 37.9 Å². The van der Waals surface area contributed by atoms with Crippen LogP contribution in [0.1, 0.15) is 170 Å². The summed E-state index contributed by atoms with van der Waals surface area (Å²) in [4.78, 5) is -0.555. The standard InChI is InChI=1S/2C21H37ClN.5C7H8O3S/c2*1-4-7-8-9-11-18-23(5-2,6-3)19-12-10-13-20-14-16-21(22)17-15-20;5*1-6-2-4-7(5-3-6)11(8,9)10/h2*14-17H,4-13,18-19H2,1-3H3;5*2-5H,1H3,(H,8,9,10)/q2*+1;;;;;/p-2. The van der Waals surface area contributed by atoms with Gasteiger partial charge in [0.2, 0.25) is 0 Å². The molecule has 0 unspecified atom stereocenters. The molecule has 101 heavy (non-hydrogen) atoms. The molecule has 0 fully saturated rings. The van der Waals surface area contributed by atoms with Crippen LogP contribution in [0.3, 0.4) is 0 Å². The van der Waals surface area contributed by atoms with Gasteiger partial charge < -0.3 is 18.1 Å². The first-order valence-electron chi connectivity index (χ1n) is 34.7. The molecule has 0 saturated carbocycles. The van der Waals surface area contributed by atoms with Crippen molar-refractivity contribution in [3.05, 3.63) is 219 Å². The van der Waals surface area contributed by atoms with E-state index in [9.17, 15) is 51.2 Å². The lowest BCUT2D eigenvalue weighted by Crippen LogP contribution is -2.49. The molecule has 7 aromatic carbocycles. The Kier molecular flexibility index (Phi) is 45.0. The molecule has 0 aliphatic heterocycles. The Labute approximate surface area is 617 Å². The Hall–Kier alpha value is -5.41. The highest BCUT2D eigenvalue weighted by Crippen LogP contribution is 2.20. The highest BCUT2D eigenvalue weighted by atomic mass is 35.5. The fraction of sp³-hybridized carbons (Fsp3) is 0.455. The van der Waals surface area contributed by atoms with Crippen molar-refractivity contribution in [1.82, 2.24) is 0 Å². The van der Waals surface area contributed by atoms with E-state index in [-0.39, 0.29) is 24.5 Å². The molecular formula is C77H112Cl2N2O15S5. The maximum atomic E-state index is 10.5. The van der Waals surface area contributed by atoms with E-state index >= 15 is 0 Å². The van der Waals surface area contributed by atoms with Crippen molar-refractivity contribution in [2.75, 3.05) is 52.4 Å². The Balaban J connectivity index is 0.000000606. The topological polar surface area (TPSA) is 278 Å². The minimum atomic E-state index is -4.27. The Bertz CT molecular complexity index is 3470. The maximum absolute atomic E-state index is 10.5. The van der Waals surface area contributed by atoms with Crippen LogP contribution in [0, 0.1) is 34.6 Å². The summed E-state index contributed by atoms with van der Waals surface area (Å²) in [7, 11) is -20.6. The zero-order chi connectivity index (χ0) is 76.4.